The average Bonchev–Trinajstić information content (AvgIpc) is 3.19. The lowest BCUT2D eigenvalue weighted by atomic mass is 9.93. The molecule has 2 amide bonds. The quantitative estimate of drug-likeness (QED) is 0.791. The van der Waals surface area contributed by atoms with E-state index in [4.69, 9.17) is 5.10 Å². The van der Waals surface area contributed by atoms with Crippen LogP contribution >= 0.6 is 0 Å². The second-order valence-electron chi connectivity index (χ2n) is 7.89. The van der Waals surface area contributed by atoms with E-state index in [2.05, 4.69) is 25.1 Å². The van der Waals surface area contributed by atoms with Gasteiger partial charge in [-0.1, -0.05) is 0 Å². The van der Waals surface area contributed by atoms with Gasteiger partial charge in [-0.05, 0) is 46.3 Å². The predicted molar refractivity (Wildman–Crippen MR) is 99.6 cm³/mol. The number of carbonyl (C=O) groups excluding carboxylic acids is 2. The Hall–Kier alpha value is -1.89. The standard InChI is InChI=1S/C19H31N5O2/c1-14(24-9-5-6-18(24)25)19(26)23-10-7-15(8-11-23)17-12-16(13-21(2)3)22(4)20-17/h12,14-15H,5-11,13H2,1-4H3/t14-/m1/s1. The fourth-order valence-corrected chi connectivity index (χ4v) is 4.07. The van der Waals surface area contributed by atoms with Crippen LogP contribution in [0.3, 0.4) is 0 Å². The first-order valence-electron chi connectivity index (χ1n) is 9.62. The molecule has 2 saturated heterocycles. The number of carbonyl (C=O) groups is 2. The third-order valence-electron chi connectivity index (χ3n) is 5.63. The molecule has 0 saturated carbocycles. The highest BCUT2D eigenvalue weighted by Crippen LogP contribution is 2.28. The highest BCUT2D eigenvalue weighted by atomic mass is 16.2. The van der Waals surface area contributed by atoms with E-state index in [1.165, 1.54) is 5.69 Å². The zero-order valence-electron chi connectivity index (χ0n) is 16.4. The minimum Gasteiger partial charge on any atom is -0.341 e. The summed E-state index contributed by atoms with van der Waals surface area (Å²) < 4.78 is 1.97. The van der Waals surface area contributed by atoms with Crippen LogP contribution in [0, 0.1) is 0 Å². The number of piperidine rings is 1. The Labute approximate surface area is 155 Å². The third-order valence-corrected chi connectivity index (χ3v) is 5.63. The maximum atomic E-state index is 12.8. The van der Waals surface area contributed by atoms with Crippen molar-refractivity contribution in [3.8, 4) is 0 Å². The molecule has 144 valence electrons. The van der Waals surface area contributed by atoms with Crippen LogP contribution < -0.4 is 0 Å². The zero-order chi connectivity index (χ0) is 18.8. The number of rotatable bonds is 5. The van der Waals surface area contributed by atoms with Crippen LogP contribution in [0.5, 0.6) is 0 Å². The number of hydrogen-bond donors (Lipinski definition) is 0. The van der Waals surface area contributed by atoms with Crippen molar-refractivity contribution in [2.45, 2.75) is 51.1 Å². The van der Waals surface area contributed by atoms with E-state index in [0.29, 0.717) is 18.9 Å². The van der Waals surface area contributed by atoms with Crippen molar-refractivity contribution in [1.82, 2.24) is 24.5 Å². The monoisotopic (exact) mass is 361 g/mol. The number of aromatic nitrogens is 2. The Morgan fingerprint density at radius 1 is 1.31 bits per heavy atom. The minimum absolute atomic E-state index is 0.0908. The van der Waals surface area contributed by atoms with Crippen molar-refractivity contribution in [2.75, 3.05) is 33.7 Å². The molecule has 0 aliphatic carbocycles. The van der Waals surface area contributed by atoms with Crippen LogP contribution in [0.25, 0.3) is 0 Å². The summed E-state index contributed by atoms with van der Waals surface area (Å²) in [5.41, 5.74) is 2.35. The second-order valence-corrected chi connectivity index (χ2v) is 7.89. The van der Waals surface area contributed by atoms with Gasteiger partial charge in [0.15, 0.2) is 0 Å². The molecule has 3 rings (SSSR count). The molecule has 0 radical (unpaired) electrons. The van der Waals surface area contributed by atoms with Gasteiger partial charge in [-0.15, -0.1) is 0 Å². The molecule has 1 atom stereocenters. The van der Waals surface area contributed by atoms with Gasteiger partial charge in [0.1, 0.15) is 6.04 Å². The molecule has 26 heavy (non-hydrogen) atoms. The van der Waals surface area contributed by atoms with Crippen LogP contribution in [0.4, 0.5) is 0 Å². The highest BCUT2D eigenvalue weighted by molar-refractivity contribution is 5.88. The average molecular weight is 361 g/mol. The number of hydrogen-bond acceptors (Lipinski definition) is 4. The Bertz CT molecular complexity index is 661. The summed E-state index contributed by atoms with van der Waals surface area (Å²) in [6.45, 7) is 4.95. The molecular formula is C19H31N5O2. The maximum Gasteiger partial charge on any atom is 0.245 e. The van der Waals surface area contributed by atoms with E-state index in [-0.39, 0.29) is 17.9 Å². The first-order chi connectivity index (χ1) is 12.4. The van der Waals surface area contributed by atoms with Gasteiger partial charge < -0.3 is 14.7 Å². The van der Waals surface area contributed by atoms with Crippen molar-refractivity contribution < 1.29 is 9.59 Å². The SMILES string of the molecule is C[C@H](C(=O)N1CCC(c2cc(CN(C)C)n(C)n2)CC1)N1CCCC1=O. The molecule has 7 nitrogen and oxygen atoms in total. The maximum absolute atomic E-state index is 12.8. The van der Waals surface area contributed by atoms with E-state index >= 15 is 0 Å². The number of amides is 2. The highest BCUT2D eigenvalue weighted by Gasteiger charge is 2.34. The van der Waals surface area contributed by atoms with Gasteiger partial charge in [0.25, 0.3) is 0 Å². The number of nitrogens with zero attached hydrogens (tertiary/aromatic N) is 5. The molecule has 1 aromatic heterocycles. The van der Waals surface area contributed by atoms with Gasteiger partial charge in [0.2, 0.25) is 11.8 Å². The number of aryl methyl sites for hydroxylation is 1. The predicted octanol–water partition coefficient (Wildman–Crippen LogP) is 1.20. The molecule has 0 aromatic carbocycles. The summed E-state index contributed by atoms with van der Waals surface area (Å²) in [7, 11) is 6.11. The van der Waals surface area contributed by atoms with Gasteiger partial charge >= 0.3 is 0 Å². The minimum atomic E-state index is -0.330. The lowest BCUT2D eigenvalue weighted by molar-refractivity contribution is -0.143. The van der Waals surface area contributed by atoms with Crippen molar-refractivity contribution in [3.63, 3.8) is 0 Å². The molecule has 2 fully saturated rings. The number of likely N-dealkylation sites (tertiary alicyclic amines) is 2. The van der Waals surface area contributed by atoms with Crippen LogP contribution in [0.15, 0.2) is 6.07 Å². The Kier molecular flexibility index (Phi) is 5.65. The first kappa shape index (κ1) is 18.9. The Balaban J connectivity index is 1.57. The van der Waals surface area contributed by atoms with E-state index < -0.39 is 0 Å². The van der Waals surface area contributed by atoms with E-state index in [9.17, 15) is 9.59 Å². The summed E-state index contributed by atoms with van der Waals surface area (Å²) >= 11 is 0. The summed E-state index contributed by atoms with van der Waals surface area (Å²) in [6.07, 6.45) is 3.32. The zero-order valence-corrected chi connectivity index (χ0v) is 16.4. The smallest absolute Gasteiger partial charge is 0.245 e. The fourth-order valence-electron chi connectivity index (χ4n) is 4.07. The normalized spacial score (nSPS) is 20.3. The lowest BCUT2D eigenvalue weighted by Crippen LogP contribution is -2.49. The van der Waals surface area contributed by atoms with Gasteiger partial charge in [-0.2, -0.15) is 5.10 Å². The van der Waals surface area contributed by atoms with Crippen molar-refractivity contribution in [3.05, 3.63) is 17.5 Å². The molecule has 3 heterocycles. The Morgan fingerprint density at radius 3 is 2.58 bits per heavy atom. The summed E-state index contributed by atoms with van der Waals surface area (Å²) in [4.78, 5) is 30.5. The molecular weight excluding hydrogens is 330 g/mol. The molecule has 0 spiro atoms. The van der Waals surface area contributed by atoms with Crippen molar-refractivity contribution in [2.24, 2.45) is 7.05 Å². The van der Waals surface area contributed by atoms with Crippen molar-refractivity contribution >= 4 is 11.8 Å². The van der Waals surface area contributed by atoms with Crippen LogP contribution in [-0.4, -0.2) is 76.1 Å². The topological polar surface area (TPSA) is 61.7 Å². The molecule has 0 N–H and O–H groups in total. The third kappa shape index (κ3) is 3.92. The molecule has 2 aliphatic rings. The van der Waals surface area contributed by atoms with Crippen molar-refractivity contribution in [1.29, 1.82) is 0 Å². The fraction of sp³-hybridized carbons (Fsp3) is 0.737. The van der Waals surface area contributed by atoms with E-state index in [0.717, 1.165) is 44.6 Å². The largest absolute Gasteiger partial charge is 0.341 e. The van der Waals surface area contributed by atoms with Crippen LogP contribution in [0.1, 0.15) is 49.9 Å². The molecule has 1 aromatic rings. The summed E-state index contributed by atoms with van der Waals surface area (Å²) in [6, 6.07) is 1.87. The van der Waals surface area contributed by atoms with Gasteiger partial charge in [-0.3, -0.25) is 14.3 Å². The van der Waals surface area contributed by atoms with E-state index in [1.807, 2.05) is 23.6 Å². The lowest BCUT2D eigenvalue weighted by Gasteiger charge is -2.35. The van der Waals surface area contributed by atoms with Gasteiger partial charge in [0.05, 0.1) is 11.4 Å². The first-order valence-corrected chi connectivity index (χ1v) is 9.62. The molecule has 0 bridgehead atoms. The van der Waals surface area contributed by atoms with Crippen LogP contribution in [-0.2, 0) is 23.2 Å². The molecule has 0 unspecified atom stereocenters. The van der Waals surface area contributed by atoms with Gasteiger partial charge in [0, 0.05) is 45.6 Å². The van der Waals surface area contributed by atoms with Gasteiger partial charge in [-0.25, -0.2) is 0 Å². The van der Waals surface area contributed by atoms with Crippen LogP contribution in [0.2, 0.25) is 0 Å². The summed E-state index contributed by atoms with van der Waals surface area (Å²) in [5, 5.41) is 4.70. The Morgan fingerprint density at radius 2 is 2.00 bits per heavy atom. The molecule has 7 heteroatoms. The second kappa shape index (κ2) is 7.78. The summed E-state index contributed by atoms with van der Waals surface area (Å²) in [5.74, 6) is 0.612. The van der Waals surface area contributed by atoms with E-state index in [1.54, 1.807) is 4.90 Å². The molecule has 2 aliphatic heterocycles.